The number of nitrogens with zero attached hydrogens (tertiary/aromatic N) is 2. The standard InChI is InChI=1S/C17H24ClN3O4/c1-4-25-17(23)21-7-5-20(6-8-21)16(22)11-19-14-9-12(2)13(18)10-15(14)24-3/h9-10,19H,4-8,11H2,1-3H3. The fourth-order valence-corrected chi connectivity index (χ4v) is 2.76. The van der Waals surface area contributed by atoms with Crippen molar-refractivity contribution in [1.29, 1.82) is 0 Å². The molecule has 0 atom stereocenters. The molecule has 1 aliphatic rings. The molecule has 0 unspecified atom stereocenters. The first-order chi connectivity index (χ1) is 12.0. The Hall–Kier alpha value is -2.15. The SMILES string of the molecule is CCOC(=O)N1CCN(C(=O)CNc2cc(C)c(Cl)cc2OC)CC1. The molecule has 1 aromatic carbocycles. The van der Waals surface area contributed by atoms with Gasteiger partial charge < -0.3 is 24.6 Å². The third-order valence-corrected chi connectivity index (χ3v) is 4.48. The Balaban J connectivity index is 1.88. The summed E-state index contributed by atoms with van der Waals surface area (Å²) in [4.78, 5) is 27.4. The average molecular weight is 370 g/mol. The van der Waals surface area contributed by atoms with Crippen LogP contribution in [-0.4, -0.2) is 68.2 Å². The predicted molar refractivity (Wildman–Crippen MR) is 96.4 cm³/mol. The summed E-state index contributed by atoms with van der Waals surface area (Å²) in [5.74, 6) is 0.564. The van der Waals surface area contributed by atoms with Crippen LogP contribution in [0.3, 0.4) is 0 Å². The number of aryl methyl sites for hydroxylation is 1. The van der Waals surface area contributed by atoms with Gasteiger partial charge in [-0.3, -0.25) is 4.79 Å². The Morgan fingerprint density at radius 2 is 1.84 bits per heavy atom. The van der Waals surface area contributed by atoms with Crippen molar-refractivity contribution in [3.8, 4) is 5.75 Å². The minimum atomic E-state index is -0.325. The molecule has 1 fully saturated rings. The van der Waals surface area contributed by atoms with E-state index < -0.39 is 0 Å². The van der Waals surface area contributed by atoms with Gasteiger partial charge in [-0.2, -0.15) is 0 Å². The van der Waals surface area contributed by atoms with Crippen LogP contribution < -0.4 is 10.1 Å². The summed E-state index contributed by atoms with van der Waals surface area (Å²) in [6.07, 6.45) is -0.325. The number of rotatable bonds is 5. The Bertz CT molecular complexity index is 631. The maximum atomic E-state index is 12.4. The van der Waals surface area contributed by atoms with E-state index in [0.29, 0.717) is 43.6 Å². The number of carbonyl (C=O) groups is 2. The van der Waals surface area contributed by atoms with E-state index in [0.717, 1.165) is 11.3 Å². The molecule has 0 bridgehead atoms. The van der Waals surface area contributed by atoms with Gasteiger partial charge in [-0.05, 0) is 25.5 Å². The first kappa shape index (κ1) is 19.2. The van der Waals surface area contributed by atoms with Gasteiger partial charge in [0.1, 0.15) is 5.75 Å². The monoisotopic (exact) mass is 369 g/mol. The molecule has 0 spiro atoms. The summed E-state index contributed by atoms with van der Waals surface area (Å²) in [5, 5.41) is 3.72. The van der Waals surface area contributed by atoms with Crippen molar-refractivity contribution in [3.63, 3.8) is 0 Å². The maximum Gasteiger partial charge on any atom is 0.409 e. The summed E-state index contributed by atoms with van der Waals surface area (Å²) < 4.78 is 10.3. The molecule has 7 nitrogen and oxygen atoms in total. The minimum absolute atomic E-state index is 0.0295. The van der Waals surface area contributed by atoms with Crippen molar-refractivity contribution in [2.24, 2.45) is 0 Å². The molecular weight excluding hydrogens is 346 g/mol. The van der Waals surface area contributed by atoms with Crippen LogP contribution in [0.5, 0.6) is 5.75 Å². The molecule has 138 valence electrons. The van der Waals surface area contributed by atoms with E-state index in [9.17, 15) is 9.59 Å². The number of hydrogen-bond donors (Lipinski definition) is 1. The van der Waals surface area contributed by atoms with E-state index in [1.54, 1.807) is 29.9 Å². The molecule has 0 radical (unpaired) electrons. The van der Waals surface area contributed by atoms with Crippen LogP contribution in [0.4, 0.5) is 10.5 Å². The van der Waals surface area contributed by atoms with Crippen molar-refractivity contribution in [2.75, 3.05) is 51.8 Å². The molecule has 1 aromatic rings. The number of halogens is 1. The van der Waals surface area contributed by atoms with Gasteiger partial charge in [-0.1, -0.05) is 11.6 Å². The van der Waals surface area contributed by atoms with Gasteiger partial charge >= 0.3 is 6.09 Å². The number of ether oxygens (including phenoxy) is 2. The normalized spacial score (nSPS) is 14.2. The smallest absolute Gasteiger partial charge is 0.409 e. The van der Waals surface area contributed by atoms with Crippen molar-refractivity contribution in [3.05, 3.63) is 22.7 Å². The second-order valence-corrected chi connectivity index (χ2v) is 6.13. The molecule has 1 heterocycles. The van der Waals surface area contributed by atoms with Crippen molar-refractivity contribution in [1.82, 2.24) is 9.80 Å². The lowest BCUT2D eigenvalue weighted by Gasteiger charge is -2.34. The molecule has 2 amide bonds. The maximum absolute atomic E-state index is 12.4. The third kappa shape index (κ3) is 4.92. The molecule has 1 aliphatic heterocycles. The van der Waals surface area contributed by atoms with Gasteiger partial charge in [0, 0.05) is 37.3 Å². The molecule has 0 saturated carbocycles. The topological polar surface area (TPSA) is 71.1 Å². The number of hydrogen-bond acceptors (Lipinski definition) is 5. The lowest BCUT2D eigenvalue weighted by atomic mass is 10.2. The fourth-order valence-electron chi connectivity index (χ4n) is 2.61. The Morgan fingerprint density at radius 1 is 1.20 bits per heavy atom. The zero-order valence-electron chi connectivity index (χ0n) is 14.8. The Morgan fingerprint density at radius 3 is 2.44 bits per heavy atom. The van der Waals surface area contributed by atoms with Gasteiger partial charge in [-0.15, -0.1) is 0 Å². The summed E-state index contributed by atoms with van der Waals surface area (Å²) >= 11 is 6.09. The van der Waals surface area contributed by atoms with Gasteiger partial charge in [0.25, 0.3) is 0 Å². The van der Waals surface area contributed by atoms with Crippen molar-refractivity contribution < 1.29 is 19.1 Å². The van der Waals surface area contributed by atoms with E-state index in [2.05, 4.69) is 5.32 Å². The zero-order chi connectivity index (χ0) is 18.4. The summed E-state index contributed by atoms with van der Waals surface area (Å²) in [6, 6.07) is 3.58. The Labute approximate surface area is 152 Å². The fraction of sp³-hybridized carbons (Fsp3) is 0.529. The van der Waals surface area contributed by atoms with Crippen LogP contribution in [0.2, 0.25) is 5.02 Å². The molecule has 1 N–H and O–H groups in total. The van der Waals surface area contributed by atoms with E-state index in [1.807, 2.05) is 13.0 Å². The van der Waals surface area contributed by atoms with Gasteiger partial charge in [0.15, 0.2) is 0 Å². The first-order valence-electron chi connectivity index (χ1n) is 8.23. The molecule has 0 aliphatic carbocycles. The van der Waals surface area contributed by atoms with Crippen LogP contribution in [0, 0.1) is 6.92 Å². The number of methoxy groups -OCH3 is 1. The van der Waals surface area contributed by atoms with E-state index in [-0.39, 0.29) is 18.5 Å². The van der Waals surface area contributed by atoms with Gasteiger partial charge in [0.2, 0.25) is 5.91 Å². The lowest BCUT2D eigenvalue weighted by Crippen LogP contribution is -2.51. The van der Waals surface area contributed by atoms with Crippen LogP contribution in [-0.2, 0) is 9.53 Å². The highest BCUT2D eigenvalue weighted by atomic mass is 35.5. The van der Waals surface area contributed by atoms with Crippen molar-refractivity contribution in [2.45, 2.75) is 13.8 Å². The molecular formula is C17H24ClN3O4. The number of carbonyl (C=O) groups excluding carboxylic acids is 2. The molecule has 2 rings (SSSR count). The number of benzene rings is 1. The summed E-state index contributed by atoms with van der Waals surface area (Å²) in [6.45, 7) is 6.12. The second kappa shape index (κ2) is 8.80. The Kier molecular flexibility index (Phi) is 6.75. The van der Waals surface area contributed by atoms with Crippen LogP contribution >= 0.6 is 11.6 Å². The molecule has 8 heteroatoms. The number of nitrogens with one attached hydrogen (secondary N) is 1. The number of anilines is 1. The van der Waals surface area contributed by atoms with Crippen molar-refractivity contribution >= 4 is 29.3 Å². The summed E-state index contributed by atoms with van der Waals surface area (Å²) in [7, 11) is 1.56. The minimum Gasteiger partial charge on any atom is -0.495 e. The lowest BCUT2D eigenvalue weighted by molar-refractivity contribution is -0.130. The zero-order valence-corrected chi connectivity index (χ0v) is 15.6. The van der Waals surface area contributed by atoms with Gasteiger partial charge in [0.05, 0.1) is 25.9 Å². The highest BCUT2D eigenvalue weighted by Gasteiger charge is 2.24. The van der Waals surface area contributed by atoms with E-state index in [4.69, 9.17) is 21.1 Å². The van der Waals surface area contributed by atoms with Gasteiger partial charge in [-0.25, -0.2) is 4.79 Å². The van der Waals surface area contributed by atoms with Crippen LogP contribution in [0.1, 0.15) is 12.5 Å². The summed E-state index contributed by atoms with van der Waals surface area (Å²) in [5.41, 5.74) is 1.63. The predicted octanol–water partition coefficient (Wildman–Crippen LogP) is 2.37. The first-order valence-corrected chi connectivity index (χ1v) is 8.61. The second-order valence-electron chi connectivity index (χ2n) is 5.72. The molecule has 1 saturated heterocycles. The van der Waals surface area contributed by atoms with Crippen LogP contribution in [0.15, 0.2) is 12.1 Å². The quantitative estimate of drug-likeness (QED) is 0.862. The third-order valence-electron chi connectivity index (χ3n) is 4.07. The van der Waals surface area contributed by atoms with Crippen LogP contribution in [0.25, 0.3) is 0 Å². The number of amides is 2. The largest absolute Gasteiger partial charge is 0.495 e. The molecule has 0 aromatic heterocycles. The number of piperazine rings is 1. The highest BCUT2D eigenvalue weighted by molar-refractivity contribution is 6.31. The van der Waals surface area contributed by atoms with E-state index in [1.165, 1.54) is 0 Å². The highest BCUT2D eigenvalue weighted by Crippen LogP contribution is 2.30. The average Bonchev–Trinajstić information content (AvgIpc) is 2.62. The molecule has 25 heavy (non-hydrogen) atoms. The van der Waals surface area contributed by atoms with E-state index >= 15 is 0 Å².